The minimum Gasteiger partial charge on any atom is -0.535 e. The van der Waals surface area contributed by atoms with Gasteiger partial charge in [0.1, 0.15) is 11.5 Å². The number of ketones is 1. The van der Waals surface area contributed by atoms with E-state index in [0.717, 1.165) is 25.3 Å². The van der Waals surface area contributed by atoms with Crippen molar-refractivity contribution in [3.8, 4) is 5.75 Å². The van der Waals surface area contributed by atoms with Gasteiger partial charge in [0.05, 0.1) is 18.3 Å². The molecule has 1 aromatic carbocycles. The predicted molar refractivity (Wildman–Crippen MR) is 119 cm³/mol. The molecular weight excluding hydrogens is 397 g/mol. The molecule has 0 bridgehead atoms. The quantitative estimate of drug-likeness (QED) is 0.386. The van der Waals surface area contributed by atoms with Crippen LogP contribution in [0.4, 0.5) is 0 Å². The van der Waals surface area contributed by atoms with Gasteiger partial charge in [-0.15, -0.1) is 0 Å². The number of benzene rings is 1. The highest BCUT2D eigenvalue weighted by molar-refractivity contribution is 6.47. The van der Waals surface area contributed by atoms with Gasteiger partial charge >= 0.3 is 13.1 Å². The van der Waals surface area contributed by atoms with E-state index in [9.17, 15) is 19.7 Å². The van der Waals surface area contributed by atoms with E-state index in [1.807, 2.05) is 0 Å². The van der Waals surface area contributed by atoms with E-state index in [1.54, 1.807) is 12.1 Å². The lowest BCUT2D eigenvalue weighted by molar-refractivity contribution is -0.123. The zero-order chi connectivity index (χ0) is 22.4. The van der Waals surface area contributed by atoms with Gasteiger partial charge in [-0.05, 0) is 56.2 Å². The van der Waals surface area contributed by atoms with Gasteiger partial charge in [-0.2, -0.15) is 0 Å². The summed E-state index contributed by atoms with van der Waals surface area (Å²) in [6.07, 6.45) is 5.10. The molecular formula is C23H34BNO6. The van der Waals surface area contributed by atoms with Crippen molar-refractivity contribution in [3.63, 3.8) is 0 Å². The monoisotopic (exact) mass is 431 g/mol. The molecule has 3 atom stereocenters. The number of Topliss-reactive ketones (excluding diaryl/α,β-unsaturated/α-hetero) is 1. The van der Waals surface area contributed by atoms with Crippen LogP contribution < -0.4 is 9.97 Å². The molecule has 0 radical (unpaired) electrons. The number of carbonyl (C=O) groups excluding carboxylic acids is 1. The summed E-state index contributed by atoms with van der Waals surface area (Å²) in [6.45, 7) is 6.09. The van der Waals surface area contributed by atoms with Gasteiger partial charge in [-0.3, -0.25) is 4.79 Å². The van der Waals surface area contributed by atoms with Gasteiger partial charge in [0, 0.05) is 24.7 Å². The fourth-order valence-electron chi connectivity index (χ4n) is 4.40. The summed E-state index contributed by atoms with van der Waals surface area (Å²) in [4.78, 5) is 24.0. The molecule has 0 aliphatic carbocycles. The van der Waals surface area contributed by atoms with Gasteiger partial charge in [-0.25, -0.2) is 4.79 Å². The Morgan fingerprint density at radius 3 is 2.74 bits per heavy atom. The smallest absolute Gasteiger partial charge is 0.526 e. The molecule has 0 saturated carbocycles. The summed E-state index contributed by atoms with van der Waals surface area (Å²) in [5, 5.41) is 23.2. The van der Waals surface area contributed by atoms with Crippen LogP contribution in [0.1, 0.15) is 68.3 Å². The van der Waals surface area contributed by atoms with E-state index in [0.29, 0.717) is 31.1 Å². The highest BCUT2D eigenvalue weighted by atomic mass is 16.5. The first-order chi connectivity index (χ1) is 14.8. The summed E-state index contributed by atoms with van der Waals surface area (Å²) in [6, 6.07) is 5.24. The number of aromatic carboxylic acids is 1. The molecule has 2 aliphatic rings. The van der Waals surface area contributed by atoms with E-state index in [2.05, 4.69) is 19.2 Å². The topological polar surface area (TPSA) is 105 Å². The van der Waals surface area contributed by atoms with E-state index in [4.69, 9.17) is 9.39 Å². The van der Waals surface area contributed by atoms with Crippen molar-refractivity contribution in [2.24, 2.45) is 5.92 Å². The van der Waals surface area contributed by atoms with Crippen LogP contribution in [0.15, 0.2) is 18.2 Å². The second kappa shape index (κ2) is 11.1. The Hall–Kier alpha value is -1.90. The van der Waals surface area contributed by atoms with Gasteiger partial charge in [0.2, 0.25) is 0 Å². The number of carboxylic acid groups (broad SMARTS) is 1. The molecule has 7 nitrogen and oxygen atoms in total. The number of para-hydroxylation sites is 1. The van der Waals surface area contributed by atoms with Gasteiger partial charge in [-0.1, -0.05) is 26.0 Å². The number of hydrogen-bond donors (Lipinski definition) is 3. The Morgan fingerprint density at radius 1 is 1.26 bits per heavy atom. The van der Waals surface area contributed by atoms with Crippen molar-refractivity contribution >= 4 is 18.9 Å². The number of hydrogen-bond acceptors (Lipinski definition) is 6. The number of rotatable bonds is 10. The summed E-state index contributed by atoms with van der Waals surface area (Å²) in [7, 11) is -1.19. The zero-order valence-corrected chi connectivity index (χ0v) is 18.5. The summed E-state index contributed by atoms with van der Waals surface area (Å²) >= 11 is 0. The molecule has 0 spiro atoms. The maximum Gasteiger partial charge on any atom is 0.526 e. The van der Waals surface area contributed by atoms with Crippen LogP contribution in [0.2, 0.25) is 5.82 Å². The average molecular weight is 431 g/mol. The normalized spacial score (nSPS) is 23.4. The molecule has 3 rings (SSSR count). The third kappa shape index (κ3) is 6.79. The Balaban J connectivity index is 1.42. The van der Waals surface area contributed by atoms with Crippen molar-refractivity contribution in [1.29, 1.82) is 0 Å². The zero-order valence-electron chi connectivity index (χ0n) is 18.5. The lowest BCUT2D eigenvalue weighted by Gasteiger charge is -2.31. The molecule has 8 heteroatoms. The minimum absolute atomic E-state index is 0.0318. The average Bonchev–Trinajstić information content (AvgIpc) is 2.72. The molecule has 1 saturated heterocycles. The fourth-order valence-corrected chi connectivity index (χ4v) is 4.40. The largest absolute Gasteiger partial charge is 0.535 e. The molecule has 2 heterocycles. The van der Waals surface area contributed by atoms with Gasteiger partial charge < -0.3 is 24.8 Å². The molecule has 31 heavy (non-hydrogen) atoms. The summed E-state index contributed by atoms with van der Waals surface area (Å²) in [5.74, 6) is -0.517. The Kier molecular flexibility index (Phi) is 8.52. The number of nitrogens with one attached hydrogen (secondary N) is 1. The molecule has 1 fully saturated rings. The second-order valence-corrected chi connectivity index (χ2v) is 9.24. The Morgan fingerprint density at radius 2 is 2.06 bits per heavy atom. The first-order valence-electron chi connectivity index (χ1n) is 11.4. The lowest BCUT2D eigenvalue weighted by Crippen LogP contribution is -2.41. The highest BCUT2D eigenvalue weighted by Crippen LogP contribution is 2.36. The predicted octanol–water partition coefficient (Wildman–Crippen LogP) is 3.09. The minimum atomic E-state index is -1.19. The van der Waals surface area contributed by atoms with Crippen LogP contribution in [-0.4, -0.2) is 54.3 Å². The number of carbonyl (C=O) groups is 2. The van der Waals surface area contributed by atoms with Crippen LogP contribution >= 0.6 is 0 Å². The Bertz CT molecular complexity index is 762. The van der Waals surface area contributed by atoms with E-state index in [1.165, 1.54) is 18.9 Å². The molecule has 0 aromatic heterocycles. The first-order valence-corrected chi connectivity index (χ1v) is 11.4. The van der Waals surface area contributed by atoms with Crippen molar-refractivity contribution in [2.45, 2.75) is 76.8 Å². The van der Waals surface area contributed by atoms with Crippen molar-refractivity contribution in [1.82, 2.24) is 5.32 Å². The van der Waals surface area contributed by atoms with E-state index < -0.39 is 13.1 Å². The molecule has 0 amide bonds. The van der Waals surface area contributed by atoms with Crippen molar-refractivity contribution in [2.75, 3.05) is 13.2 Å². The van der Waals surface area contributed by atoms with E-state index >= 15 is 0 Å². The van der Waals surface area contributed by atoms with Crippen LogP contribution in [0.5, 0.6) is 5.75 Å². The van der Waals surface area contributed by atoms with Crippen molar-refractivity contribution in [3.05, 3.63) is 29.3 Å². The van der Waals surface area contributed by atoms with Gasteiger partial charge in [0.25, 0.3) is 0 Å². The third-order valence-electron chi connectivity index (χ3n) is 6.16. The van der Waals surface area contributed by atoms with Crippen LogP contribution in [0.3, 0.4) is 0 Å². The van der Waals surface area contributed by atoms with Crippen LogP contribution in [-0.2, 0) is 16.0 Å². The molecule has 170 valence electrons. The number of carboxylic acids is 1. The van der Waals surface area contributed by atoms with Crippen LogP contribution in [0.25, 0.3) is 0 Å². The SMILES string of the molecule is CC(C)CCCNC1CCC(CC(=O)C[C@H]2Cc3cccc(C(=O)O)c3OB2O)OC1. The second-order valence-electron chi connectivity index (χ2n) is 9.24. The van der Waals surface area contributed by atoms with Gasteiger partial charge in [0.15, 0.2) is 0 Å². The van der Waals surface area contributed by atoms with E-state index in [-0.39, 0.29) is 35.4 Å². The lowest BCUT2D eigenvalue weighted by atomic mass is 9.64. The summed E-state index contributed by atoms with van der Waals surface area (Å²) < 4.78 is 11.4. The van der Waals surface area contributed by atoms with Crippen LogP contribution in [0, 0.1) is 5.92 Å². The molecule has 3 N–H and O–H groups in total. The molecule has 1 aromatic rings. The number of fused-ring (bicyclic) bond motifs is 1. The molecule has 2 aliphatic heterocycles. The third-order valence-corrected chi connectivity index (χ3v) is 6.16. The Labute approximate surface area is 184 Å². The number of ether oxygens (including phenoxy) is 1. The fraction of sp³-hybridized carbons (Fsp3) is 0.652. The maximum absolute atomic E-state index is 12.6. The summed E-state index contributed by atoms with van der Waals surface area (Å²) in [5.41, 5.74) is 0.743. The standard InChI is InChI=1S/C23H34BNO6/c1-15(2)5-4-10-25-18-8-9-20(30-14-18)13-19(26)12-17-11-16-6-3-7-21(23(27)28)22(16)31-24(17)29/h3,6-7,15,17-18,20,25,29H,4-5,8-14H2,1-2H3,(H,27,28)/t17-,18?,20?/m1/s1. The first kappa shape index (κ1) is 23.8. The molecule has 2 unspecified atom stereocenters. The van der Waals surface area contributed by atoms with Crippen molar-refractivity contribution < 1.29 is 29.1 Å². The maximum atomic E-state index is 12.6. The highest BCUT2D eigenvalue weighted by Gasteiger charge is 2.38.